The highest BCUT2D eigenvalue weighted by Gasteiger charge is 2.39. The van der Waals surface area contributed by atoms with Crippen molar-refractivity contribution in [3.63, 3.8) is 0 Å². The number of morpholine rings is 1. The van der Waals surface area contributed by atoms with Crippen LogP contribution < -0.4 is 5.56 Å². The fourth-order valence-corrected chi connectivity index (χ4v) is 4.52. The van der Waals surface area contributed by atoms with E-state index in [1.165, 1.54) is 17.0 Å². The standard InChI is InChI=1S/C22H23FN6O3/c1-13-11-14(13)21-25-20(26-32-21)17-19-22(30)28(6-5-27-7-9-31-10-8-27)18-15(23)3-2-4-16(18)29(19)12-24-17/h2-4,12-14H,5-11H2,1H3. The molecule has 2 unspecified atom stereocenters. The third kappa shape index (κ3) is 3.13. The monoisotopic (exact) mass is 438 g/mol. The van der Waals surface area contributed by atoms with Gasteiger partial charge in [0.1, 0.15) is 28.9 Å². The zero-order valence-corrected chi connectivity index (χ0v) is 17.7. The van der Waals surface area contributed by atoms with Gasteiger partial charge in [0.15, 0.2) is 0 Å². The fraction of sp³-hybridized carbons (Fsp3) is 0.455. The Balaban J connectivity index is 1.49. The molecule has 1 aromatic carbocycles. The summed E-state index contributed by atoms with van der Waals surface area (Å²) in [6.45, 7) is 6.02. The van der Waals surface area contributed by atoms with E-state index in [4.69, 9.17) is 9.26 Å². The van der Waals surface area contributed by atoms with Crippen LogP contribution >= 0.6 is 0 Å². The zero-order chi connectivity index (χ0) is 21.8. The molecule has 0 radical (unpaired) electrons. The first-order valence-corrected chi connectivity index (χ1v) is 10.9. The number of fused-ring (bicyclic) bond motifs is 3. The highest BCUT2D eigenvalue weighted by molar-refractivity contribution is 5.84. The lowest BCUT2D eigenvalue weighted by Gasteiger charge is -2.27. The number of nitrogens with zero attached hydrogens (tertiary/aromatic N) is 6. The van der Waals surface area contributed by atoms with Crippen LogP contribution in [0.4, 0.5) is 4.39 Å². The average Bonchev–Trinajstić information content (AvgIpc) is 3.18. The average molecular weight is 438 g/mol. The predicted molar refractivity (Wildman–Crippen MR) is 114 cm³/mol. The van der Waals surface area contributed by atoms with Crippen molar-refractivity contribution in [2.24, 2.45) is 5.92 Å². The number of hydrogen-bond donors (Lipinski definition) is 0. The van der Waals surface area contributed by atoms with Gasteiger partial charge < -0.3 is 13.8 Å². The van der Waals surface area contributed by atoms with E-state index < -0.39 is 5.82 Å². The molecule has 1 saturated carbocycles. The largest absolute Gasteiger partial charge is 0.379 e. The number of halogens is 1. The van der Waals surface area contributed by atoms with Crippen molar-refractivity contribution < 1.29 is 13.7 Å². The minimum absolute atomic E-state index is 0.266. The van der Waals surface area contributed by atoms with E-state index in [1.807, 2.05) is 0 Å². The van der Waals surface area contributed by atoms with Crippen LogP contribution in [0.2, 0.25) is 0 Å². The second kappa shape index (κ2) is 7.49. The Hall–Kier alpha value is -3.11. The molecule has 4 heterocycles. The van der Waals surface area contributed by atoms with E-state index in [0.29, 0.717) is 54.8 Å². The molecule has 1 aliphatic heterocycles. The second-order valence-electron chi connectivity index (χ2n) is 8.61. The first kappa shape index (κ1) is 19.6. The van der Waals surface area contributed by atoms with Gasteiger partial charge in [0.25, 0.3) is 5.56 Å². The number of hydrogen-bond acceptors (Lipinski definition) is 7. The topological polar surface area (TPSA) is 90.7 Å². The minimum Gasteiger partial charge on any atom is -0.379 e. The molecule has 2 atom stereocenters. The Bertz CT molecular complexity index is 1370. The van der Waals surface area contributed by atoms with Crippen LogP contribution in [0, 0.1) is 11.7 Å². The molecule has 1 saturated heterocycles. The molecule has 0 bridgehead atoms. The normalized spacial score (nSPS) is 21.6. The molecule has 9 nitrogen and oxygen atoms in total. The summed E-state index contributed by atoms with van der Waals surface area (Å²) in [6, 6.07) is 4.79. The van der Waals surface area contributed by atoms with Gasteiger partial charge >= 0.3 is 0 Å². The number of rotatable bonds is 5. The summed E-state index contributed by atoms with van der Waals surface area (Å²) in [4.78, 5) is 24.8. The molecule has 3 aromatic heterocycles. The Morgan fingerprint density at radius 2 is 2.00 bits per heavy atom. The lowest BCUT2D eigenvalue weighted by Crippen LogP contribution is -2.39. The maximum absolute atomic E-state index is 14.9. The summed E-state index contributed by atoms with van der Waals surface area (Å²) in [5.41, 5.74) is 1.18. The van der Waals surface area contributed by atoms with Gasteiger partial charge in [-0.25, -0.2) is 9.37 Å². The maximum Gasteiger partial charge on any atom is 0.277 e. The van der Waals surface area contributed by atoms with Crippen LogP contribution in [0.25, 0.3) is 28.1 Å². The predicted octanol–water partition coefficient (Wildman–Crippen LogP) is 2.29. The van der Waals surface area contributed by atoms with Crippen molar-refractivity contribution in [2.45, 2.75) is 25.8 Å². The van der Waals surface area contributed by atoms with Gasteiger partial charge in [0.2, 0.25) is 11.7 Å². The summed E-state index contributed by atoms with van der Waals surface area (Å²) >= 11 is 0. The molecule has 0 amide bonds. The van der Waals surface area contributed by atoms with Gasteiger partial charge in [-0.2, -0.15) is 4.98 Å². The van der Waals surface area contributed by atoms with Crippen molar-refractivity contribution in [3.8, 4) is 11.5 Å². The molecular weight excluding hydrogens is 415 g/mol. The summed E-state index contributed by atoms with van der Waals surface area (Å²) in [5, 5.41) is 4.09. The van der Waals surface area contributed by atoms with E-state index in [0.717, 1.165) is 19.5 Å². The van der Waals surface area contributed by atoms with Gasteiger partial charge in [0, 0.05) is 32.1 Å². The smallest absolute Gasteiger partial charge is 0.277 e. The van der Waals surface area contributed by atoms with E-state index in [1.54, 1.807) is 16.5 Å². The van der Waals surface area contributed by atoms with Crippen LogP contribution in [0.1, 0.15) is 25.2 Å². The number of ether oxygens (including phenoxy) is 1. The highest BCUT2D eigenvalue weighted by atomic mass is 19.1. The fourth-order valence-electron chi connectivity index (χ4n) is 4.52. The van der Waals surface area contributed by atoms with Crippen molar-refractivity contribution >= 4 is 16.6 Å². The van der Waals surface area contributed by atoms with E-state index in [9.17, 15) is 9.18 Å². The molecule has 6 rings (SSSR count). The molecule has 0 spiro atoms. The van der Waals surface area contributed by atoms with Crippen molar-refractivity contribution in [2.75, 3.05) is 32.8 Å². The number of aromatic nitrogens is 5. The third-order valence-corrected chi connectivity index (χ3v) is 6.53. The molecule has 0 N–H and O–H groups in total. The van der Waals surface area contributed by atoms with Crippen molar-refractivity contribution in [1.29, 1.82) is 0 Å². The van der Waals surface area contributed by atoms with E-state index >= 15 is 0 Å². The first-order chi connectivity index (χ1) is 15.6. The van der Waals surface area contributed by atoms with Gasteiger partial charge in [-0.1, -0.05) is 18.1 Å². The molecule has 2 fully saturated rings. The highest BCUT2D eigenvalue weighted by Crippen LogP contribution is 2.46. The summed E-state index contributed by atoms with van der Waals surface area (Å²) in [7, 11) is 0. The van der Waals surface area contributed by atoms with Crippen LogP contribution in [0.15, 0.2) is 33.8 Å². The second-order valence-corrected chi connectivity index (χ2v) is 8.61. The van der Waals surface area contributed by atoms with Crippen LogP contribution in [0.5, 0.6) is 0 Å². The molecule has 166 valence electrons. The maximum atomic E-state index is 14.9. The number of imidazole rings is 1. The quantitative estimate of drug-likeness (QED) is 0.472. The van der Waals surface area contributed by atoms with Gasteiger partial charge in [0.05, 0.1) is 18.7 Å². The minimum atomic E-state index is -0.441. The Kier molecular flexibility index (Phi) is 4.58. The first-order valence-electron chi connectivity index (χ1n) is 10.9. The van der Waals surface area contributed by atoms with E-state index in [-0.39, 0.29) is 22.8 Å². The molecule has 32 heavy (non-hydrogen) atoms. The molecular formula is C22H23FN6O3. The summed E-state index contributed by atoms with van der Waals surface area (Å²) in [5.74, 6) is 1.21. The van der Waals surface area contributed by atoms with Crippen molar-refractivity contribution in [1.82, 2.24) is 29.0 Å². The number of benzene rings is 1. The Morgan fingerprint density at radius 3 is 2.78 bits per heavy atom. The summed E-state index contributed by atoms with van der Waals surface area (Å²) in [6.07, 6.45) is 2.54. The van der Waals surface area contributed by atoms with E-state index in [2.05, 4.69) is 26.9 Å². The van der Waals surface area contributed by atoms with Crippen LogP contribution in [-0.2, 0) is 11.3 Å². The summed E-state index contributed by atoms with van der Waals surface area (Å²) < 4.78 is 28.9. The van der Waals surface area contributed by atoms with Crippen LogP contribution in [-0.4, -0.2) is 61.8 Å². The molecule has 1 aliphatic carbocycles. The third-order valence-electron chi connectivity index (χ3n) is 6.53. The van der Waals surface area contributed by atoms with Gasteiger partial charge in [-0.05, 0) is 24.5 Å². The van der Waals surface area contributed by atoms with Crippen molar-refractivity contribution in [3.05, 3.63) is 46.6 Å². The molecule has 4 aromatic rings. The Labute approximate surface area is 182 Å². The lowest BCUT2D eigenvalue weighted by molar-refractivity contribution is 0.0364. The Morgan fingerprint density at radius 1 is 1.19 bits per heavy atom. The molecule has 10 heteroatoms. The number of para-hydroxylation sites is 1. The SMILES string of the molecule is CC1CC1c1nc(-c2ncn3c2c(=O)n(CCN2CCOCC2)c2c(F)cccc23)no1. The van der Waals surface area contributed by atoms with Gasteiger partial charge in [-0.15, -0.1) is 0 Å². The zero-order valence-electron chi connectivity index (χ0n) is 17.7. The van der Waals surface area contributed by atoms with Crippen LogP contribution in [0.3, 0.4) is 0 Å². The van der Waals surface area contributed by atoms with Gasteiger partial charge in [-0.3, -0.25) is 14.1 Å². The lowest BCUT2D eigenvalue weighted by atomic mass is 10.2. The molecule has 2 aliphatic rings.